The Morgan fingerprint density at radius 2 is 2.08 bits per heavy atom. The molecule has 0 aromatic carbocycles. The van der Waals surface area contributed by atoms with Gasteiger partial charge in [-0.05, 0) is 18.4 Å². The Bertz CT molecular complexity index is 304. The van der Waals surface area contributed by atoms with Crippen molar-refractivity contribution >= 4 is 11.7 Å². The molecule has 70 valence electrons. The fourth-order valence-corrected chi connectivity index (χ4v) is 1.95. The maximum atomic E-state index is 11.3. The number of nitrogens with one attached hydrogen (secondary N) is 1. The molecular weight excluding hydrogens is 166 g/mol. The van der Waals surface area contributed by atoms with Crippen LogP contribution in [-0.4, -0.2) is 11.7 Å². The topological polar surface area (TPSA) is 46.2 Å². The van der Waals surface area contributed by atoms with Crippen LogP contribution >= 0.6 is 0 Å². The van der Waals surface area contributed by atoms with E-state index in [0.717, 1.165) is 24.1 Å². The van der Waals surface area contributed by atoms with E-state index in [2.05, 4.69) is 5.32 Å². The van der Waals surface area contributed by atoms with Gasteiger partial charge in [0.1, 0.15) is 5.78 Å². The Kier molecular flexibility index (Phi) is 1.94. The molecule has 2 aliphatic rings. The number of amides is 1. The van der Waals surface area contributed by atoms with E-state index in [9.17, 15) is 9.59 Å². The monoisotopic (exact) mass is 179 g/mol. The van der Waals surface area contributed by atoms with E-state index in [1.807, 2.05) is 6.92 Å². The molecule has 0 spiro atoms. The van der Waals surface area contributed by atoms with Gasteiger partial charge in [-0.1, -0.05) is 6.92 Å². The lowest BCUT2D eigenvalue weighted by Gasteiger charge is -2.27. The first kappa shape index (κ1) is 8.48. The van der Waals surface area contributed by atoms with Crippen LogP contribution in [0.5, 0.6) is 0 Å². The van der Waals surface area contributed by atoms with Gasteiger partial charge in [-0.25, -0.2) is 0 Å². The Balaban J connectivity index is 2.23. The van der Waals surface area contributed by atoms with Gasteiger partial charge in [0.05, 0.1) is 0 Å². The van der Waals surface area contributed by atoms with Crippen molar-refractivity contribution in [1.29, 1.82) is 0 Å². The van der Waals surface area contributed by atoms with Gasteiger partial charge < -0.3 is 5.32 Å². The maximum Gasteiger partial charge on any atom is 0.227 e. The Hall–Kier alpha value is -1.12. The lowest BCUT2D eigenvalue weighted by Crippen LogP contribution is -2.36. The van der Waals surface area contributed by atoms with E-state index in [-0.39, 0.29) is 11.8 Å². The third-order valence-electron chi connectivity index (χ3n) is 2.77. The third kappa shape index (κ3) is 1.50. The van der Waals surface area contributed by atoms with Crippen LogP contribution in [0, 0.1) is 5.92 Å². The zero-order valence-electron chi connectivity index (χ0n) is 7.72. The van der Waals surface area contributed by atoms with Crippen molar-refractivity contribution in [3.05, 3.63) is 11.3 Å². The smallest absolute Gasteiger partial charge is 0.227 e. The first-order valence-corrected chi connectivity index (χ1v) is 4.70. The third-order valence-corrected chi connectivity index (χ3v) is 2.77. The van der Waals surface area contributed by atoms with Crippen LogP contribution in [0.2, 0.25) is 0 Å². The van der Waals surface area contributed by atoms with Gasteiger partial charge in [0.25, 0.3) is 0 Å². The molecule has 2 rings (SSSR count). The highest BCUT2D eigenvalue weighted by molar-refractivity contribution is 5.87. The first-order chi connectivity index (χ1) is 6.16. The molecule has 1 amide bonds. The molecule has 0 fully saturated rings. The number of ketones is 1. The summed E-state index contributed by atoms with van der Waals surface area (Å²) in [5.74, 6) is 0.444. The molecule has 0 saturated carbocycles. The van der Waals surface area contributed by atoms with Crippen LogP contribution in [0.3, 0.4) is 0 Å². The average Bonchev–Trinajstić information content (AvgIpc) is 2.08. The van der Waals surface area contributed by atoms with Crippen molar-refractivity contribution in [3.63, 3.8) is 0 Å². The number of rotatable bonds is 0. The molecule has 0 radical (unpaired) electrons. The van der Waals surface area contributed by atoms with Crippen molar-refractivity contribution in [1.82, 2.24) is 5.32 Å². The van der Waals surface area contributed by atoms with Crippen LogP contribution in [0.25, 0.3) is 0 Å². The van der Waals surface area contributed by atoms with Gasteiger partial charge in [0, 0.05) is 24.5 Å². The number of Topliss-reactive ketones (excluding diaryl/α,β-unsaturated/α-hetero) is 1. The Morgan fingerprint density at radius 1 is 1.31 bits per heavy atom. The van der Waals surface area contributed by atoms with E-state index in [1.165, 1.54) is 0 Å². The van der Waals surface area contributed by atoms with Gasteiger partial charge in [-0.15, -0.1) is 0 Å². The quantitative estimate of drug-likeness (QED) is 0.606. The van der Waals surface area contributed by atoms with Crippen molar-refractivity contribution in [3.8, 4) is 0 Å². The molecule has 1 atom stereocenters. The lowest BCUT2D eigenvalue weighted by atomic mass is 9.85. The molecule has 1 heterocycles. The summed E-state index contributed by atoms with van der Waals surface area (Å²) in [5, 5.41) is 2.88. The zero-order chi connectivity index (χ0) is 9.42. The van der Waals surface area contributed by atoms with Gasteiger partial charge in [-0.2, -0.15) is 0 Å². The second-order valence-corrected chi connectivity index (χ2v) is 3.89. The summed E-state index contributed by atoms with van der Waals surface area (Å²) in [5.41, 5.74) is 2.17. The molecule has 3 heteroatoms. The molecule has 0 saturated heterocycles. The molecule has 1 aliphatic heterocycles. The van der Waals surface area contributed by atoms with Crippen LogP contribution in [0.1, 0.15) is 32.6 Å². The van der Waals surface area contributed by atoms with E-state index >= 15 is 0 Å². The number of hydrogen-bond donors (Lipinski definition) is 1. The van der Waals surface area contributed by atoms with Gasteiger partial charge in [0.15, 0.2) is 0 Å². The number of carbonyl (C=O) groups is 2. The van der Waals surface area contributed by atoms with E-state index < -0.39 is 0 Å². The highest BCUT2D eigenvalue weighted by atomic mass is 16.2. The summed E-state index contributed by atoms with van der Waals surface area (Å²) in [6.45, 7) is 1.90. The summed E-state index contributed by atoms with van der Waals surface area (Å²) < 4.78 is 0. The number of allylic oxidation sites excluding steroid dienone is 2. The Morgan fingerprint density at radius 3 is 2.85 bits per heavy atom. The molecule has 3 nitrogen and oxygen atoms in total. The van der Waals surface area contributed by atoms with Crippen LogP contribution in [0.15, 0.2) is 11.3 Å². The van der Waals surface area contributed by atoms with Crippen LogP contribution < -0.4 is 5.32 Å². The average molecular weight is 179 g/mol. The summed E-state index contributed by atoms with van der Waals surface area (Å²) in [6, 6.07) is 0. The minimum absolute atomic E-state index is 0.0321. The first-order valence-electron chi connectivity index (χ1n) is 4.70. The predicted octanol–water partition coefficient (Wildman–Crippen LogP) is 1.15. The fourth-order valence-electron chi connectivity index (χ4n) is 1.95. The summed E-state index contributed by atoms with van der Waals surface area (Å²) >= 11 is 0. The minimum atomic E-state index is 0.0321. The van der Waals surface area contributed by atoms with Gasteiger partial charge >= 0.3 is 0 Å². The summed E-state index contributed by atoms with van der Waals surface area (Å²) in [6.07, 6.45) is 2.65. The van der Waals surface area contributed by atoms with E-state index in [0.29, 0.717) is 18.6 Å². The molecule has 1 aliphatic carbocycles. The van der Waals surface area contributed by atoms with Gasteiger partial charge in [-0.3, -0.25) is 9.59 Å². The second-order valence-electron chi connectivity index (χ2n) is 3.89. The second kappa shape index (κ2) is 2.98. The number of carbonyl (C=O) groups excluding carboxylic acids is 2. The molecule has 0 aromatic rings. The normalized spacial score (nSPS) is 28.5. The van der Waals surface area contributed by atoms with Crippen LogP contribution in [0.4, 0.5) is 0 Å². The zero-order valence-corrected chi connectivity index (χ0v) is 7.72. The fraction of sp³-hybridized carbons (Fsp3) is 0.600. The maximum absolute atomic E-state index is 11.3. The summed E-state index contributed by atoms with van der Waals surface area (Å²) in [4.78, 5) is 22.5. The highest BCUT2D eigenvalue weighted by Crippen LogP contribution is 2.29. The predicted molar refractivity (Wildman–Crippen MR) is 47.8 cm³/mol. The molecule has 1 unspecified atom stereocenters. The Labute approximate surface area is 77.2 Å². The molecular formula is C10H13NO2. The van der Waals surface area contributed by atoms with Crippen LogP contribution in [-0.2, 0) is 9.59 Å². The van der Waals surface area contributed by atoms with E-state index in [1.54, 1.807) is 0 Å². The van der Waals surface area contributed by atoms with Crippen molar-refractivity contribution in [2.24, 2.45) is 5.92 Å². The molecule has 0 aromatic heterocycles. The van der Waals surface area contributed by atoms with Crippen molar-refractivity contribution in [2.45, 2.75) is 32.6 Å². The van der Waals surface area contributed by atoms with Gasteiger partial charge in [0.2, 0.25) is 5.91 Å². The van der Waals surface area contributed by atoms with Crippen molar-refractivity contribution < 1.29 is 9.59 Å². The SMILES string of the molecule is CC1CC2=C(CCC(=O)C2)NC1=O. The molecule has 13 heavy (non-hydrogen) atoms. The highest BCUT2D eigenvalue weighted by Gasteiger charge is 2.28. The summed E-state index contributed by atoms with van der Waals surface area (Å²) in [7, 11) is 0. The molecule has 1 N–H and O–H groups in total. The van der Waals surface area contributed by atoms with Crippen molar-refractivity contribution in [2.75, 3.05) is 0 Å². The lowest BCUT2D eigenvalue weighted by molar-refractivity contribution is -0.125. The number of hydrogen-bond acceptors (Lipinski definition) is 2. The standard InChI is InChI=1S/C10H13NO2/c1-6-4-7-5-8(12)2-3-9(7)11-10(6)13/h6H,2-5H2,1H3,(H,11,13). The minimum Gasteiger partial charge on any atom is -0.330 e. The largest absolute Gasteiger partial charge is 0.330 e. The molecule has 0 bridgehead atoms. The van der Waals surface area contributed by atoms with E-state index in [4.69, 9.17) is 0 Å².